The number of nitrogens with one attached hydrogen (secondary N) is 1. The first kappa shape index (κ1) is 14.9. The minimum Gasteiger partial charge on any atom is -0.493 e. The molecule has 0 aliphatic heterocycles. The molecule has 0 aliphatic carbocycles. The van der Waals surface area contributed by atoms with Crippen molar-refractivity contribution >= 4 is 17.5 Å². The van der Waals surface area contributed by atoms with E-state index < -0.39 is 6.09 Å². The third-order valence-electron chi connectivity index (χ3n) is 2.34. The first-order valence-electron chi connectivity index (χ1n) is 5.93. The fourth-order valence-corrected chi connectivity index (χ4v) is 1.39. The number of ether oxygens (including phenoxy) is 3. The summed E-state index contributed by atoms with van der Waals surface area (Å²) in [5.74, 6) is 1.26. The SMILES string of the molecule is COc1cc(N)c(NC(=O)OCC(C)C)cc1OC. The van der Waals surface area contributed by atoms with Gasteiger partial charge in [0.05, 0.1) is 32.2 Å². The van der Waals surface area contributed by atoms with Crippen molar-refractivity contribution in [1.82, 2.24) is 0 Å². The Morgan fingerprint density at radius 1 is 1.26 bits per heavy atom. The van der Waals surface area contributed by atoms with E-state index in [9.17, 15) is 4.79 Å². The normalized spacial score (nSPS) is 10.2. The summed E-state index contributed by atoms with van der Waals surface area (Å²) in [6.07, 6.45) is -0.549. The minimum atomic E-state index is -0.549. The van der Waals surface area contributed by atoms with Gasteiger partial charge in [-0.2, -0.15) is 0 Å². The van der Waals surface area contributed by atoms with Crippen molar-refractivity contribution in [3.63, 3.8) is 0 Å². The molecule has 1 amide bonds. The molecular weight excluding hydrogens is 248 g/mol. The van der Waals surface area contributed by atoms with Crippen LogP contribution in [0.1, 0.15) is 13.8 Å². The van der Waals surface area contributed by atoms with E-state index in [2.05, 4.69) is 5.32 Å². The highest BCUT2D eigenvalue weighted by molar-refractivity contribution is 5.90. The summed E-state index contributed by atoms with van der Waals surface area (Å²) >= 11 is 0. The Morgan fingerprint density at radius 2 is 1.84 bits per heavy atom. The van der Waals surface area contributed by atoms with Gasteiger partial charge in [0.15, 0.2) is 11.5 Å². The van der Waals surface area contributed by atoms with Crippen LogP contribution in [0.25, 0.3) is 0 Å². The molecule has 0 fully saturated rings. The average molecular weight is 268 g/mol. The third kappa shape index (κ3) is 4.24. The van der Waals surface area contributed by atoms with Gasteiger partial charge in [0.25, 0.3) is 0 Å². The van der Waals surface area contributed by atoms with Crippen LogP contribution < -0.4 is 20.5 Å². The Labute approximate surface area is 112 Å². The molecule has 1 rings (SSSR count). The van der Waals surface area contributed by atoms with Crippen LogP contribution in [-0.4, -0.2) is 26.9 Å². The van der Waals surface area contributed by atoms with Gasteiger partial charge in [-0.3, -0.25) is 5.32 Å². The predicted molar refractivity (Wildman–Crippen MR) is 73.8 cm³/mol. The number of methoxy groups -OCH3 is 2. The van der Waals surface area contributed by atoms with Crippen molar-refractivity contribution in [1.29, 1.82) is 0 Å². The molecule has 1 aromatic rings. The largest absolute Gasteiger partial charge is 0.493 e. The van der Waals surface area contributed by atoms with Gasteiger partial charge in [-0.15, -0.1) is 0 Å². The zero-order valence-corrected chi connectivity index (χ0v) is 11.6. The first-order chi connectivity index (χ1) is 8.97. The molecular formula is C13H20N2O4. The topological polar surface area (TPSA) is 82.8 Å². The molecule has 0 radical (unpaired) electrons. The summed E-state index contributed by atoms with van der Waals surface area (Å²) in [6.45, 7) is 4.26. The monoisotopic (exact) mass is 268 g/mol. The molecule has 0 bridgehead atoms. The zero-order chi connectivity index (χ0) is 14.4. The van der Waals surface area contributed by atoms with Crippen LogP contribution in [0, 0.1) is 5.92 Å². The van der Waals surface area contributed by atoms with Gasteiger partial charge >= 0.3 is 6.09 Å². The summed E-state index contributed by atoms with van der Waals surface area (Å²) in [7, 11) is 3.02. The van der Waals surface area contributed by atoms with E-state index in [0.717, 1.165) is 0 Å². The Hall–Kier alpha value is -2.11. The highest BCUT2D eigenvalue weighted by atomic mass is 16.5. The van der Waals surface area contributed by atoms with Gasteiger partial charge < -0.3 is 19.9 Å². The quantitative estimate of drug-likeness (QED) is 0.802. The molecule has 106 valence electrons. The van der Waals surface area contributed by atoms with E-state index >= 15 is 0 Å². The summed E-state index contributed by atoms with van der Waals surface area (Å²) in [4.78, 5) is 11.6. The molecule has 0 atom stereocenters. The van der Waals surface area contributed by atoms with Crippen LogP contribution in [0.15, 0.2) is 12.1 Å². The van der Waals surface area contributed by atoms with E-state index in [1.54, 1.807) is 12.1 Å². The molecule has 0 aliphatic rings. The van der Waals surface area contributed by atoms with Crippen molar-refractivity contribution in [2.45, 2.75) is 13.8 Å². The van der Waals surface area contributed by atoms with Gasteiger partial charge in [0, 0.05) is 12.1 Å². The van der Waals surface area contributed by atoms with Crippen LogP contribution in [-0.2, 0) is 4.74 Å². The number of hydrogen-bond donors (Lipinski definition) is 2. The molecule has 6 nitrogen and oxygen atoms in total. The summed E-state index contributed by atoms with van der Waals surface area (Å²) in [6, 6.07) is 3.17. The number of nitrogen functional groups attached to an aromatic ring is 1. The maximum Gasteiger partial charge on any atom is 0.411 e. The number of nitrogens with two attached hydrogens (primary N) is 1. The number of benzene rings is 1. The van der Waals surface area contributed by atoms with Gasteiger partial charge in [0.1, 0.15) is 0 Å². The number of hydrogen-bond acceptors (Lipinski definition) is 5. The molecule has 6 heteroatoms. The fraction of sp³-hybridized carbons (Fsp3) is 0.462. The number of rotatable bonds is 5. The molecule has 3 N–H and O–H groups in total. The second kappa shape index (κ2) is 6.72. The maximum absolute atomic E-state index is 11.6. The van der Waals surface area contributed by atoms with Crippen LogP contribution in [0.2, 0.25) is 0 Å². The van der Waals surface area contributed by atoms with Crippen molar-refractivity contribution in [2.24, 2.45) is 5.92 Å². The average Bonchev–Trinajstić information content (AvgIpc) is 2.38. The highest BCUT2D eigenvalue weighted by Gasteiger charge is 2.12. The van der Waals surface area contributed by atoms with Gasteiger partial charge in [-0.25, -0.2) is 4.79 Å². The summed E-state index contributed by atoms with van der Waals surface area (Å²) in [5, 5.41) is 2.57. The van der Waals surface area contributed by atoms with Crippen molar-refractivity contribution in [3.05, 3.63) is 12.1 Å². The summed E-state index contributed by atoms with van der Waals surface area (Å²) in [5.41, 5.74) is 6.62. The highest BCUT2D eigenvalue weighted by Crippen LogP contribution is 2.34. The number of anilines is 2. The van der Waals surface area contributed by atoms with E-state index in [-0.39, 0.29) is 5.92 Å². The van der Waals surface area contributed by atoms with Crippen LogP contribution >= 0.6 is 0 Å². The Kier molecular flexibility index (Phi) is 5.29. The molecule has 19 heavy (non-hydrogen) atoms. The predicted octanol–water partition coefficient (Wildman–Crippen LogP) is 2.49. The molecule has 0 spiro atoms. The lowest BCUT2D eigenvalue weighted by atomic mass is 10.2. The smallest absolute Gasteiger partial charge is 0.411 e. The van der Waals surface area contributed by atoms with E-state index in [0.29, 0.717) is 29.5 Å². The molecule has 0 unspecified atom stereocenters. The number of amides is 1. The lowest BCUT2D eigenvalue weighted by molar-refractivity contribution is 0.147. The third-order valence-corrected chi connectivity index (χ3v) is 2.34. The lowest BCUT2D eigenvalue weighted by Gasteiger charge is -2.14. The van der Waals surface area contributed by atoms with Crippen LogP contribution in [0.4, 0.5) is 16.2 Å². The van der Waals surface area contributed by atoms with Crippen LogP contribution in [0.3, 0.4) is 0 Å². The van der Waals surface area contributed by atoms with Gasteiger partial charge in [0.2, 0.25) is 0 Å². The second-order valence-electron chi connectivity index (χ2n) is 4.41. The van der Waals surface area contributed by atoms with Gasteiger partial charge in [-0.1, -0.05) is 13.8 Å². The van der Waals surface area contributed by atoms with Crippen molar-refractivity contribution < 1.29 is 19.0 Å². The maximum atomic E-state index is 11.6. The molecule has 0 aromatic heterocycles. The molecule has 0 saturated heterocycles. The number of carbonyl (C=O) groups excluding carboxylic acids is 1. The minimum absolute atomic E-state index is 0.272. The van der Waals surface area contributed by atoms with Crippen LogP contribution in [0.5, 0.6) is 11.5 Å². The lowest BCUT2D eigenvalue weighted by Crippen LogP contribution is -2.17. The second-order valence-corrected chi connectivity index (χ2v) is 4.41. The Balaban J connectivity index is 2.80. The Bertz CT molecular complexity index is 447. The number of carbonyl (C=O) groups is 1. The van der Waals surface area contributed by atoms with Crippen molar-refractivity contribution in [2.75, 3.05) is 31.9 Å². The van der Waals surface area contributed by atoms with Gasteiger partial charge in [-0.05, 0) is 5.92 Å². The Morgan fingerprint density at radius 3 is 2.37 bits per heavy atom. The molecule has 0 heterocycles. The fourth-order valence-electron chi connectivity index (χ4n) is 1.39. The standard InChI is InChI=1S/C13H20N2O4/c1-8(2)7-19-13(16)15-10-6-12(18-4)11(17-3)5-9(10)14/h5-6,8H,7,14H2,1-4H3,(H,15,16). The molecule has 1 aromatic carbocycles. The van der Waals surface area contributed by atoms with E-state index in [1.807, 2.05) is 13.8 Å². The molecule has 0 saturated carbocycles. The summed E-state index contributed by atoms with van der Waals surface area (Å²) < 4.78 is 15.3. The zero-order valence-electron chi connectivity index (χ0n) is 11.6. The first-order valence-corrected chi connectivity index (χ1v) is 5.93. The van der Waals surface area contributed by atoms with E-state index in [4.69, 9.17) is 19.9 Å². The van der Waals surface area contributed by atoms with Crippen molar-refractivity contribution in [3.8, 4) is 11.5 Å². The van der Waals surface area contributed by atoms with E-state index in [1.165, 1.54) is 14.2 Å².